The number of β-amino-alcohol motifs (C(OH)–C–C–N with tert-alkyl or cyclic N) is 1. The maximum atomic E-state index is 12.1. The first-order chi connectivity index (χ1) is 8.11. The average Bonchev–Trinajstić information content (AvgIpc) is 2.74. The number of carbonyl (C=O) groups excluding carboxylic acids is 1. The summed E-state index contributed by atoms with van der Waals surface area (Å²) in [4.78, 5) is 17.3. The van der Waals surface area contributed by atoms with Gasteiger partial charge in [-0.1, -0.05) is 0 Å². The zero-order chi connectivity index (χ0) is 12.4. The molecule has 0 bridgehead atoms. The van der Waals surface area contributed by atoms with Gasteiger partial charge < -0.3 is 20.4 Å². The van der Waals surface area contributed by atoms with Crippen molar-refractivity contribution in [1.82, 2.24) is 15.2 Å². The lowest BCUT2D eigenvalue weighted by Gasteiger charge is -2.26. The predicted octanol–water partition coefficient (Wildman–Crippen LogP) is -0.808. The van der Waals surface area contributed by atoms with Gasteiger partial charge in [0.25, 0.3) is 5.91 Å². The molecule has 0 radical (unpaired) electrons. The zero-order valence-corrected chi connectivity index (χ0v) is 9.50. The Bertz CT molecular complexity index is 424. The molecule has 2 atom stereocenters. The van der Waals surface area contributed by atoms with Crippen LogP contribution in [0.2, 0.25) is 0 Å². The summed E-state index contributed by atoms with van der Waals surface area (Å²) in [6.07, 6.45) is 2.10. The SMILES string of the molecule is CN(C(=O)c1ccncc1O)[C@@H]1CNC[C@H]1O. The molecule has 92 valence electrons. The van der Waals surface area contributed by atoms with Crippen LogP contribution in [0.15, 0.2) is 18.5 Å². The molecule has 0 unspecified atom stereocenters. The van der Waals surface area contributed by atoms with Crippen molar-refractivity contribution >= 4 is 5.91 Å². The van der Waals surface area contributed by atoms with Crippen molar-refractivity contribution < 1.29 is 15.0 Å². The minimum atomic E-state index is -0.576. The molecule has 1 saturated heterocycles. The molecule has 2 rings (SSSR count). The lowest BCUT2D eigenvalue weighted by Crippen LogP contribution is -2.44. The Morgan fingerprint density at radius 3 is 2.94 bits per heavy atom. The number of carbonyl (C=O) groups is 1. The molecule has 1 amide bonds. The number of aromatic nitrogens is 1. The third-order valence-corrected chi connectivity index (χ3v) is 3.00. The zero-order valence-electron chi connectivity index (χ0n) is 9.50. The van der Waals surface area contributed by atoms with E-state index < -0.39 is 6.10 Å². The van der Waals surface area contributed by atoms with Crippen molar-refractivity contribution in [2.24, 2.45) is 0 Å². The smallest absolute Gasteiger partial charge is 0.257 e. The molecule has 2 heterocycles. The van der Waals surface area contributed by atoms with Gasteiger partial charge in [-0.2, -0.15) is 0 Å². The normalized spacial score (nSPS) is 23.6. The van der Waals surface area contributed by atoms with Crippen LogP contribution in [0.3, 0.4) is 0 Å². The highest BCUT2D eigenvalue weighted by atomic mass is 16.3. The van der Waals surface area contributed by atoms with Crippen LogP contribution in [0.4, 0.5) is 0 Å². The van der Waals surface area contributed by atoms with Gasteiger partial charge in [0.1, 0.15) is 5.75 Å². The van der Waals surface area contributed by atoms with Crippen molar-refractivity contribution in [2.45, 2.75) is 12.1 Å². The summed E-state index contributed by atoms with van der Waals surface area (Å²) in [5.41, 5.74) is 0.196. The topological polar surface area (TPSA) is 85.7 Å². The molecule has 1 fully saturated rings. The molecule has 0 aromatic carbocycles. The average molecular weight is 237 g/mol. The predicted molar refractivity (Wildman–Crippen MR) is 60.7 cm³/mol. The Morgan fingerprint density at radius 1 is 1.59 bits per heavy atom. The fourth-order valence-electron chi connectivity index (χ4n) is 1.95. The number of aliphatic hydroxyl groups excluding tert-OH is 1. The van der Waals surface area contributed by atoms with E-state index in [1.807, 2.05) is 0 Å². The first kappa shape index (κ1) is 11.8. The number of aliphatic hydroxyl groups is 1. The van der Waals surface area contributed by atoms with E-state index in [-0.39, 0.29) is 23.3 Å². The van der Waals surface area contributed by atoms with Gasteiger partial charge in [-0.25, -0.2) is 0 Å². The highest BCUT2D eigenvalue weighted by Gasteiger charge is 2.32. The van der Waals surface area contributed by atoms with E-state index in [9.17, 15) is 15.0 Å². The largest absolute Gasteiger partial charge is 0.505 e. The molecular formula is C11H15N3O3. The molecule has 1 aliphatic heterocycles. The molecule has 17 heavy (non-hydrogen) atoms. The number of rotatable bonds is 2. The number of hydrogen-bond donors (Lipinski definition) is 3. The minimum Gasteiger partial charge on any atom is -0.505 e. The van der Waals surface area contributed by atoms with Crippen molar-refractivity contribution in [2.75, 3.05) is 20.1 Å². The summed E-state index contributed by atoms with van der Waals surface area (Å²) in [6, 6.07) is 1.19. The van der Waals surface area contributed by atoms with Crippen LogP contribution in [-0.2, 0) is 0 Å². The van der Waals surface area contributed by atoms with E-state index in [1.165, 1.54) is 23.4 Å². The number of nitrogens with one attached hydrogen (secondary N) is 1. The van der Waals surface area contributed by atoms with Crippen LogP contribution < -0.4 is 5.32 Å². The monoisotopic (exact) mass is 237 g/mol. The van der Waals surface area contributed by atoms with Crippen LogP contribution >= 0.6 is 0 Å². The molecule has 1 aliphatic rings. The standard InChI is InChI=1S/C11H15N3O3/c1-14(8-4-13-6-10(8)16)11(17)7-2-3-12-5-9(7)15/h2-3,5,8,10,13,15-16H,4,6H2,1H3/t8-,10-/m1/s1. The van der Waals surface area contributed by atoms with Crippen molar-refractivity contribution in [3.8, 4) is 5.75 Å². The summed E-state index contributed by atoms with van der Waals surface area (Å²) >= 11 is 0. The second-order valence-corrected chi connectivity index (χ2v) is 4.10. The fraction of sp³-hybridized carbons (Fsp3) is 0.455. The number of likely N-dealkylation sites (N-methyl/N-ethyl adjacent to an activating group) is 1. The van der Waals surface area contributed by atoms with Gasteiger partial charge in [0.05, 0.1) is 23.9 Å². The first-order valence-corrected chi connectivity index (χ1v) is 5.40. The molecule has 1 aromatic heterocycles. The number of nitrogens with zero attached hydrogens (tertiary/aromatic N) is 2. The van der Waals surface area contributed by atoms with Crippen LogP contribution in [0, 0.1) is 0 Å². The van der Waals surface area contributed by atoms with Crippen LogP contribution in [0.5, 0.6) is 5.75 Å². The summed E-state index contributed by atoms with van der Waals surface area (Å²) < 4.78 is 0. The van der Waals surface area contributed by atoms with E-state index in [2.05, 4.69) is 10.3 Å². The van der Waals surface area contributed by atoms with Gasteiger partial charge >= 0.3 is 0 Å². The summed E-state index contributed by atoms with van der Waals surface area (Å²) in [6.45, 7) is 1.03. The molecule has 0 spiro atoms. The lowest BCUT2D eigenvalue weighted by atomic mass is 10.1. The van der Waals surface area contributed by atoms with Crippen LogP contribution in [0.1, 0.15) is 10.4 Å². The third-order valence-electron chi connectivity index (χ3n) is 3.00. The van der Waals surface area contributed by atoms with E-state index in [0.717, 1.165) is 0 Å². The Balaban J connectivity index is 2.17. The molecule has 0 aliphatic carbocycles. The maximum absolute atomic E-state index is 12.1. The van der Waals surface area contributed by atoms with Gasteiger partial charge in [-0.3, -0.25) is 9.78 Å². The maximum Gasteiger partial charge on any atom is 0.257 e. The Hall–Kier alpha value is -1.66. The number of aromatic hydroxyl groups is 1. The fourth-order valence-corrected chi connectivity index (χ4v) is 1.95. The first-order valence-electron chi connectivity index (χ1n) is 5.40. The molecule has 6 nitrogen and oxygen atoms in total. The summed E-state index contributed by atoms with van der Waals surface area (Å²) in [5.74, 6) is -0.470. The van der Waals surface area contributed by atoms with E-state index in [4.69, 9.17) is 0 Å². The second-order valence-electron chi connectivity index (χ2n) is 4.10. The summed E-state index contributed by atoms with van der Waals surface area (Å²) in [5, 5.41) is 22.2. The number of hydrogen-bond acceptors (Lipinski definition) is 5. The quantitative estimate of drug-likeness (QED) is 0.626. The molecule has 1 aromatic rings. The molecular weight excluding hydrogens is 222 g/mol. The number of pyridine rings is 1. The highest BCUT2D eigenvalue weighted by Crippen LogP contribution is 2.18. The van der Waals surface area contributed by atoms with Gasteiger partial charge in [-0.05, 0) is 6.07 Å². The van der Waals surface area contributed by atoms with Crippen molar-refractivity contribution in [3.05, 3.63) is 24.0 Å². The second kappa shape index (κ2) is 4.68. The summed E-state index contributed by atoms with van der Waals surface area (Å²) in [7, 11) is 1.61. The van der Waals surface area contributed by atoms with E-state index in [1.54, 1.807) is 7.05 Å². The van der Waals surface area contributed by atoms with Crippen molar-refractivity contribution in [1.29, 1.82) is 0 Å². The van der Waals surface area contributed by atoms with Crippen molar-refractivity contribution in [3.63, 3.8) is 0 Å². The van der Waals surface area contributed by atoms with Crippen LogP contribution in [0.25, 0.3) is 0 Å². The van der Waals surface area contributed by atoms with E-state index >= 15 is 0 Å². The number of amides is 1. The highest BCUT2D eigenvalue weighted by molar-refractivity contribution is 5.96. The van der Waals surface area contributed by atoms with Gasteiger partial charge in [0, 0.05) is 26.3 Å². The van der Waals surface area contributed by atoms with Gasteiger partial charge in [-0.15, -0.1) is 0 Å². The third kappa shape index (κ3) is 2.22. The van der Waals surface area contributed by atoms with E-state index in [0.29, 0.717) is 13.1 Å². The van der Waals surface area contributed by atoms with Gasteiger partial charge in [0.2, 0.25) is 0 Å². The Morgan fingerprint density at radius 2 is 2.35 bits per heavy atom. The molecule has 3 N–H and O–H groups in total. The molecule has 6 heteroatoms. The van der Waals surface area contributed by atoms with Gasteiger partial charge in [0.15, 0.2) is 0 Å². The lowest BCUT2D eigenvalue weighted by molar-refractivity contribution is 0.0578. The Kier molecular flexibility index (Phi) is 3.26. The minimum absolute atomic E-state index is 0.148. The molecule has 0 saturated carbocycles. The Labute approximate surface area is 98.9 Å². The van der Waals surface area contributed by atoms with Crippen LogP contribution in [-0.4, -0.2) is 58.3 Å².